The molecule has 92 valence electrons. The number of hydrogen-bond acceptors (Lipinski definition) is 5. The van der Waals surface area contributed by atoms with E-state index in [1.165, 1.54) is 11.8 Å². The zero-order chi connectivity index (χ0) is 12.3. The van der Waals surface area contributed by atoms with E-state index in [2.05, 4.69) is 10.6 Å². The molecule has 17 heavy (non-hydrogen) atoms. The lowest BCUT2D eigenvalue weighted by Crippen LogP contribution is -2.23. The number of fused-ring (bicyclic) bond motifs is 1. The van der Waals surface area contributed by atoms with Crippen molar-refractivity contribution in [2.24, 2.45) is 0 Å². The molecule has 1 aromatic rings. The van der Waals surface area contributed by atoms with Crippen molar-refractivity contribution >= 4 is 29.0 Å². The molecule has 1 unspecified atom stereocenters. The van der Waals surface area contributed by atoms with E-state index in [9.17, 15) is 9.90 Å². The van der Waals surface area contributed by atoms with Crippen molar-refractivity contribution in [2.45, 2.75) is 11.0 Å². The number of nitrogens with one attached hydrogen (secondary N) is 2. The predicted octanol–water partition coefficient (Wildman–Crippen LogP) is 0.496. The van der Waals surface area contributed by atoms with Gasteiger partial charge in [-0.3, -0.25) is 4.79 Å². The molecule has 1 amide bonds. The van der Waals surface area contributed by atoms with Gasteiger partial charge < -0.3 is 20.8 Å². The molecule has 0 fully saturated rings. The molecule has 0 spiro atoms. The third-order valence-electron chi connectivity index (χ3n) is 2.36. The molecular weight excluding hydrogens is 240 g/mol. The highest BCUT2D eigenvalue weighted by molar-refractivity contribution is 8.00. The maximum Gasteiger partial charge on any atom is 0.234 e. The van der Waals surface area contributed by atoms with Crippen LogP contribution in [0.15, 0.2) is 23.1 Å². The van der Waals surface area contributed by atoms with E-state index < -0.39 is 6.10 Å². The van der Waals surface area contributed by atoms with E-state index in [1.807, 2.05) is 18.2 Å². The molecule has 0 radical (unpaired) electrons. The van der Waals surface area contributed by atoms with E-state index >= 15 is 0 Å². The number of anilines is 2. The molecule has 1 atom stereocenters. The number of rotatable bonds is 4. The monoisotopic (exact) mass is 254 g/mol. The average Bonchev–Trinajstić information content (AvgIpc) is 2.35. The third-order valence-corrected chi connectivity index (χ3v) is 3.44. The molecule has 0 aromatic heterocycles. The fourth-order valence-corrected chi connectivity index (χ4v) is 2.28. The number of aliphatic hydroxyl groups excluding tert-OH is 2. The minimum atomic E-state index is -0.782. The van der Waals surface area contributed by atoms with Gasteiger partial charge in [-0.1, -0.05) is 0 Å². The first-order valence-corrected chi connectivity index (χ1v) is 6.27. The first-order chi connectivity index (χ1) is 8.19. The highest BCUT2D eigenvalue weighted by atomic mass is 32.2. The van der Waals surface area contributed by atoms with Crippen LogP contribution in [0.5, 0.6) is 0 Å². The maximum atomic E-state index is 11.2. The van der Waals surface area contributed by atoms with Crippen LogP contribution in [0.2, 0.25) is 0 Å². The maximum absolute atomic E-state index is 11.2. The Balaban J connectivity index is 2.05. The summed E-state index contributed by atoms with van der Waals surface area (Å²) < 4.78 is 0. The average molecular weight is 254 g/mol. The molecule has 4 N–H and O–H groups in total. The third kappa shape index (κ3) is 3.12. The Hall–Kier alpha value is -1.24. The Bertz CT molecular complexity index is 425. The summed E-state index contributed by atoms with van der Waals surface area (Å²) in [4.78, 5) is 12.3. The van der Waals surface area contributed by atoms with Crippen LogP contribution in [-0.4, -0.2) is 41.1 Å². The molecule has 1 aliphatic rings. The standard InChI is InChI=1S/C11H14N2O3S/c14-5-8(15)4-12-7-1-2-10-9(3-7)13-11(16)6-17-10/h1-3,8,12,14-15H,4-6H2,(H,13,16). The second kappa shape index (κ2) is 5.39. The van der Waals surface area contributed by atoms with Crippen LogP contribution < -0.4 is 10.6 Å². The zero-order valence-electron chi connectivity index (χ0n) is 9.14. The van der Waals surface area contributed by atoms with Gasteiger partial charge in [0.1, 0.15) is 0 Å². The first kappa shape index (κ1) is 12.2. The van der Waals surface area contributed by atoms with E-state index in [-0.39, 0.29) is 19.1 Å². The largest absolute Gasteiger partial charge is 0.394 e. The van der Waals surface area contributed by atoms with Gasteiger partial charge in [0.2, 0.25) is 5.91 Å². The molecule has 1 heterocycles. The summed E-state index contributed by atoms with van der Waals surface area (Å²) in [7, 11) is 0. The van der Waals surface area contributed by atoms with Crippen LogP contribution in [0.25, 0.3) is 0 Å². The Morgan fingerprint density at radius 1 is 1.53 bits per heavy atom. The number of thioether (sulfide) groups is 1. The van der Waals surface area contributed by atoms with Crippen LogP contribution in [0, 0.1) is 0 Å². The summed E-state index contributed by atoms with van der Waals surface area (Å²) in [6.07, 6.45) is -0.782. The van der Waals surface area contributed by atoms with Crippen molar-refractivity contribution in [2.75, 3.05) is 29.5 Å². The van der Waals surface area contributed by atoms with Crippen molar-refractivity contribution < 1.29 is 15.0 Å². The summed E-state index contributed by atoms with van der Waals surface area (Å²) in [6, 6.07) is 5.63. The summed E-state index contributed by atoms with van der Waals surface area (Å²) in [6.45, 7) is 0.000897. The van der Waals surface area contributed by atoms with Gasteiger partial charge in [0, 0.05) is 17.1 Å². The van der Waals surface area contributed by atoms with E-state index in [0.717, 1.165) is 16.3 Å². The van der Waals surface area contributed by atoms with Crippen molar-refractivity contribution in [1.82, 2.24) is 0 Å². The lowest BCUT2D eigenvalue weighted by Gasteiger charge is -2.18. The smallest absolute Gasteiger partial charge is 0.234 e. The van der Waals surface area contributed by atoms with E-state index in [1.54, 1.807) is 0 Å². The Labute approximate surface area is 103 Å². The number of aliphatic hydroxyl groups is 2. The number of amides is 1. The van der Waals surface area contributed by atoms with Gasteiger partial charge in [-0.05, 0) is 18.2 Å². The normalized spacial score (nSPS) is 16.0. The SMILES string of the molecule is O=C1CSc2ccc(NCC(O)CO)cc2N1. The predicted molar refractivity (Wildman–Crippen MR) is 67.4 cm³/mol. The van der Waals surface area contributed by atoms with Crippen molar-refractivity contribution in [3.63, 3.8) is 0 Å². The number of hydrogen-bond donors (Lipinski definition) is 4. The van der Waals surface area contributed by atoms with Crippen LogP contribution in [0.4, 0.5) is 11.4 Å². The van der Waals surface area contributed by atoms with Gasteiger partial charge in [-0.15, -0.1) is 11.8 Å². The number of carbonyl (C=O) groups excluding carboxylic acids is 1. The van der Waals surface area contributed by atoms with Crippen molar-refractivity contribution in [3.05, 3.63) is 18.2 Å². The molecule has 0 saturated heterocycles. The van der Waals surface area contributed by atoms with Crippen molar-refractivity contribution in [1.29, 1.82) is 0 Å². The minimum absolute atomic E-state index is 0.00459. The number of carbonyl (C=O) groups is 1. The fraction of sp³-hybridized carbons (Fsp3) is 0.364. The Kier molecular flexibility index (Phi) is 3.88. The molecule has 2 rings (SSSR count). The van der Waals surface area contributed by atoms with Crippen LogP contribution >= 0.6 is 11.8 Å². The lowest BCUT2D eigenvalue weighted by atomic mass is 10.2. The Morgan fingerprint density at radius 2 is 2.35 bits per heavy atom. The first-order valence-electron chi connectivity index (χ1n) is 5.28. The van der Waals surface area contributed by atoms with E-state index in [4.69, 9.17) is 5.11 Å². The molecule has 1 aromatic carbocycles. The fourth-order valence-electron chi connectivity index (χ4n) is 1.49. The number of benzene rings is 1. The summed E-state index contributed by atoms with van der Waals surface area (Å²) in [5, 5.41) is 23.7. The molecule has 0 bridgehead atoms. The van der Waals surface area contributed by atoms with E-state index in [0.29, 0.717) is 5.75 Å². The molecular formula is C11H14N2O3S. The van der Waals surface area contributed by atoms with Gasteiger partial charge in [0.05, 0.1) is 24.2 Å². The second-order valence-corrected chi connectivity index (χ2v) is 4.78. The van der Waals surface area contributed by atoms with Gasteiger partial charge in [-0.25, -0.2) is 0 Å². The van der Waals surface area contributed by atoms with Gasteiger partial charge >= 0.3 is 0 Å². The lowest BCUT2D eigenvalue weighted by molar-refractivity contribution is -0.113. The Morgan fingerprint density at radius 3 is 3.12 bits per heavy atom. The summed E-state index contributed by atoms with van der Waals surface area (Å²) >= 11 is 1.51. The summed E-state index contributed by atoms with van der Waals surface area (Å²) in [5.74, 6) is 0.443. The van der Waals surface area contributed by atoms with Crippen LogP contribution in [0.3, 0.4) is 0 Å². The topological polar surface area (TPSA) is 81.6 Å². The molecule has 6 heteroatoms. The minimum Gasteiger partial charge on any atom is -0.394 e. The van der Waals surface area contributed by atoms with Gasteiger partial charge in [0.15, 0.2) is 0 Å². The van der Waals surface area contributed by atoms with Gasteiger partial charge in [-0.2, -0.15) is 0 Å². The molecule has 5 nitrogen and oxygen atoms in total. The van der Waals surface area contributed by atoms with Crippen molar-refractivity contribution in [3.8, 4) is 0 Å². The van der Waals surface area contributed by atoms with Gasteiger partial charge in [0.25, 0.3) is 0 Å². The second-order valence-electron chi connectivity index (χ2n) is 3.77. The molecule has 0 saturated carbocycles. The van der Waals surface area contributed by atoms with Crippen LogP contribution in [-0.2, 0) is 4.79 Å². The quantitative estimate of drug-likeness (QED) is 0.629. The summed E-state index contributed by atoms with van der Waals surface area (Å²) in [5.41, 5.74) is 1.59. The van der Waals surface area contributed by atoms with Crippen LogP contribution in [0.1, 0.15) is 0 Å². The highest BCUT2D eigenvalue weighted by Gasteiger charge is 2.15. The highest BCUT2D eigenvalue weighted by Crippen LogP contribution is 2.33. The molecule has 1 aliphatic heterocycles. The zero-order valence-corrected chi connectivity index (χ0v) is 9.96. The molecule has 0 aliphatic carbocycles.